The van der Waals surface area contributed by atoms with Crippen LogP contribution in [0.15, 0.2) is 18.2 Å². The molecule has 1 rings (SSSR count). The summed E-state index contributed by atoms with van der Waals surface area (Å²) in [6, 6.07) is 3.79. The van der Waals surface area contributed by atoms with Gasteiger partial charge in [-0.25, -0.2) is 12.8 Å². The highest BCUT2D eigenvalue weighted by atomic mass is 32.2. The third kappa shape index (κ3) is 5.25. The molecule has 0 spiro atoms. The standard InChI is InChI=1S/C12H16FNO4S/c1-2-19(17,18)14-11-8-10(13)7-6-9(11)4-3-5-12(15)16/h6-8,14H,2-5H2,1H3,(H,15,16). The number of aliphatic carboxylic acids is 1. The fourth-order valence-electron chi connectivity index (χ4n) is 1.53. The number of nitrogens with one attached hydrogen (secondary N) is 1. The van der Waals surface area contributed by atoms with E-state index in [0.717, 1.165) is 6.07 Å². The van der Waals surface area contributed by atoms with Crippen molar-refractivity contribution in [3.63, 3.8) is 0 Å². The Hall–Kier alpha value is -1.63. The molecule has 106 valence electrons. The van der Waals surface area contributed by atoms with Gasteiger partial charge in [0.1, 0.15) is 5.82 Å². The average molecular weight is 289 g/mol. The number of carboxylic acid groups (broad SMARTS) is 1. The molecule has 0 heterocycles. The Kier molecular flexibility index (Phi) is 5.29. The molecule has 0 saturated carbocycles. The molecule has 0 amide bonds. The Labute approximate surface area is 111 Å². The number of rotatable bonds is 7. The van der Waals surface area contributed by atoms with Gasteiger partial charge >= 0.3 is 5.97 Å². The van der Waals surface area contributed by atoms with E-state index >= 15 is 0 Å². The molecule has 2 N–H and O–H groups in total. The maximum atomic E-state index is 13.1. The van der Waals surface area contributed by atoms with E-state index in [0.29, 0.717) is 18.4 Å². The van der Waals surface area contributed by atoms with Gasteiger partial charge in [0.05, 0.1) is 11.4 Å². The van der Waals surface area contributed by atoms with Crippen molar-refractivity contribution in [3.8, 4) is 0 Å². The predicted octanol–water partition coefficient (Wildman–Crippen LogP) is 1.99. The second-order valence-corrected chi connectivity index (χ2v) is 6.07. The quantitative estimate of drug-likeness (QED) is 0.804. The van der Waals surface area contributed by atoms with E-state index in [1.807, 2.05) is 0 Å². The summed E-state index contributed by atoms with van der Waals surface area (Å²) in [5, 5.41) is 8.56. The first-order valence-electron chi connectivity index (χ1n) is 5.85. The van der Waals surface area contributed by atoms with Crippen LogP contribution >= 0.6 is 0 Å². The van der Waals surface area contributed by atoms with Crippen LogP contribution in [0.25, 0.3) is 0 Å². The number of hydrogen-bond acceptors (Lipinski definition) is 3. The lowest BCUT2D eigenvalue weighted by Crippen LogP contribution is -2.16. The summed E-state index contributed by atoms with van der Waals surface area (Å²) in [7, 11) is -3.49. The van der Waals surface area contributed by atoms with Crippen LogP contribution in [0.2, 0.25) is 0 Å². The molecule has 0 aliphatic carbocycles. The SMILES string of the molecule is CCS(=O)(=O)Nc1cc(F)ccc1CCCC(=O)O. The molecular weight excluding hydrogens is 273 g/mol. The van der Waals surface area contributed by atoms with Crippen molar-refractivity contribution in [1.29, 1.82) is 0 Å². The van der Waals surface area contributed by atoms with Gasteiger partial charge in [-0.1, -0.05) is 6.07 Å². The van der Waals surface area contributed by atoms with Gasteiger partial charge in [-0.15, -0.1) is 0 Å². The third-order valence-electron chi connectivity index (χ3n) is 2.55. The average Bonchev–Trinajstić information content (AvgIpc) is 2.31. The van der Waals surface area contributed by atoms with E-state index in [-0.39, 0.29) is 17.9 Å². The molecule has 0 fully saturated rings. The van der Waals surface area contributed by atoms with Crippen LogP contribution in [-0.4, -0.2) is 25.2 Å². The van der Waals surface area contributed by atoms with E-state index < -0.39 is 21.8 Å². The van der Waals surface area contributed by atoms with Crippen LogP contribution in [0.5, 0.6) is 0 Å². The molecule has 0 unspecified atom stereocenters. The Balaban J connectivity index is 2.88. The van der Waals surface area contributed by atoms with Gasteiger partial charge in [0.25, 0.3) is 0 Å². The van der Waals surface area contributed by atoms with Crippen molar-refractivity contribution in [2.24, 2.45) is 0 Å². The highest BCUT2D eigenvalue weighted by Crippen LogP contribution is 2.20. The first-order valence-corrected chi connectivity index (χ1v) is 7.50. The number of benzene rings is 1. The number of carbonyl (C=O) groups is 1. The molecule has 0 aliphatic rings. The summed E-state index contributed by atoms with van der Waals surface area (Å²) in [5.41, 5.74) is 0.756. The maximum absolute atomic E-state index is 13.1. The van der Waals surface area contributed by atoms with E-state index in [1.165, 1.54) is 19.1 Å². The Morgan fingerprint density at radius 2 is 2.11 bits per heavy atom. The molecule has 0 radical (unpaired) electrons. The van der Waals surface area contributed by atoms with E-state index in [9.17, 15) is 17.6 Å². The van der Waals surface area contributed by atoms with Gasteiger partial charge in [-0.2, -0.15) is 0 Å². The number of anilines is 1. The van der Waals surface area contributed by atoms with Crippen LogP contribution in [0, 0.1) is 5.82 Å². The summed E-state index contributed by atoms with van der Waals surface area (Å²) >= 11 is 0. The molecule has 19 heavy (non-hydrogen) atoms. The van der Waals surface area contributed by atoms with Crippen LogP contribution in [-0.2, 0) is 21.2 Å². The first kappa shape index (κ1) is 15.4. The van der Waals surface area contributed by atoms with Gasteiger partial charge in [0, 0.05) is 6.42 Å². The zero-order valence-electron chi connectivity index (χ0n) is 10.5. The van der Waals surface area contributed by atoms with Crippen molar-refractivity contribution >= 4 is 21.7 Å². The minimum absolute atomic E-state index is 0.0165. The zero-order valence-corrected chi connectivity index (χ0v) is 11.3. The van der Waals surface area contributed by atoms with E-state index in [1.54, 1.807) is 0 Å². The summed E-state index contributed by atoms with van der Waals surface area (Å²) in [4.78, 5) is 10.4. The van der Waals surface area contributed by atoms with Gasteiger partial charge in [-0.05, 0) is 37.5 Å². The molecule has 0 aliphatic heterocycles. The van der Waals surface area contributed by atoms with Crippen LogP contribution in [0.4, 0.5) is 10.1 Å². The highest BCUT2D eigenvalue weighted by Gasteiger charge is 2.12. The fourth-order valence-corrected chi connectivity index (χ4v) is 2.20. The largest absolute Gasteiger partial charge is 0.481 e. The number of sulfonamides is 1. The molecule has 0 saturated heterocycles. The second kappa shape index (κ2) is 6.51. The Morgan fingerprint density at radius 3 is 2.68 bits per heavy atom. The van der Waals surface area contributed by atoms with Crippen molar-refractivity contribution in [1.82, 2.24) is 0 Å². The zero-order chi connectivity index (χ0) is 14.5. The molecular formula is C12H16FNO4S. The van der Waals surface area contributed by atoms with Crippen LogP contribution in [0.3, 0.4) is 0 Å². The van der Waals surface area contributed by atoms with Crippen molar-refractivity contribution in [2.75, 3.05) is 10.5 Å². The summed E-state index contributed by atoms with van der Waals surface area (Å²) in [5.74, 6) is -1.58. The molecule has 5 nitrogen and oxygen atoms in total. The van der Waals surface area contributed by atoms with Crippen LogP contribution in [0.1, 0.15) is 25.3 Å². The number of hydrogen-bond donors (Lipinski definition) is 2. The molecule has 1 aromatic rings. The molecule has 0 bridgehead atoms. The summed E-state index contributed by atoms with van der Waals surface area (Å²) < 4.78 is 38.4. The summed E-state index contributed by atoms with van der Waals surface area (Å²) in [6.07, 6.45) is 0.716. The lowest BCUT2D eigenvalue weighted by Gasteiger charge is -2.11. The molecule has 0 aromatic heterocycles. The monoisotopic (exact) mass is 289 g/mol. The Morgan fingerprint density at radius 1 is 1.42 bits per heavy atom. The molecule has 0 atom stereocenters. The first-order chi connectivity index (χ1) is 8.84. The second-order valence-electron chi connectivity index (χ2n) is 4.05. The van der Waals surface area contributed by atoms with Gasteiger partial charge < -0.3 is 5.11 Å². The fraction of sp³-hybridized carbons (Fsp3) is 0.417. The minimum atomic E-state index is -3.49. The number of halogens is 1. The normalized spacial score (nSPS) is 11.3. The molecule has 7 heteroatoms. The lowest BCUT2D eigenvalue weighted by atomic mass is 10.1. The van der Waals surface area contributed by atoms with Crippen molar-refractivity contribution in [3.05, 3.63) is 29.6 Å². The van der Waals surface area contributed by atoms with Crippen LogP contribution < -0.4 is 4.72 Å². The molecule has 1 aromatic carbocycles. The summed E-state index contributed by atoms with van der Waals surface area (Å²) in [6.45, 7) is 1.48. The maximum Gasteiger partial charge on any atom is 0.303 e. The highest BCUT2D eigenvalue weighted by molar-refractivity contribution is 7.92. The van der Waals surface area contributed by atoms with Crippen molar-refractivity contribution < 1.29 is 22.7 Å². The van der Waals surface area contributed by atoms with Gasteiger partial charge in [0.15, 0.2) is 0 Å². The van der Waals surface area contributed by atoms with E-state index in [4.69, 9.17) is 5.11 Å². The van der Waals surface area contributed by atoms with Gasteiger partial charge in [0.2, 0.25) is 10.0 Å². The van der Waals surface area contributed by atoms with Gasteiger partial charge in [-0.3, -0.25) is 9.52 Å². The predicted molar refractivity (Wildman–Crippen MR) is 70.1 cm³/mol. The topological polar surface area (TPSA) is 83.5 Å². The smallest absolute Gasteiger partial charge is 0.303 e. The van der Waals surface area contributed by atoms with Crippen molar-refractivity contribution in [2.45, 2.75) is 26.2 Å². The lowest BCUT2D eigenvalue weighted by molar-refractivity contribution is -0.137. The Bertz CT molecular complexity index is 557. The van der Waals surface area contributed by atoms with E-state index in [2.05, 4.69) is 4.72 Å². The minimum Gasteiger partial charge on any atom is -0.481 e. The number of carboxylic acids is 1. The number of aryl methyl sites for hydroxylation is 1. The third-order valence-corrected chi connectivity index (χ3v) is 3.85.